The first-order valence-corrected chi connectivity index (χ1v) is 8.76. The number of nitrogens with one attached hydrogen (secondary N) is 2. The highest BCUT2D eigenvalue weighted by Crippen LogP contribution is 2.35. The van der Waals surface area contributed by atoms with Crippen LogP contribution in [0.15, 0.2) is 54.4 Å². The van der Waals surface area contributed by atoms with Crippen LogP contribution in [-0.4, -0.2) is 40.2 Å². The lowest BCUT2D eigenvalue weighted by molar-refractivity contribution is -0.131. The summed E-state index contributed by atoms with van der Waals surface area (Å²) in [5.41, 5.74) is 1.29. The summed E-state index contributed by atoms with van der Waals surface area (Å²) in [6.07, 6.45) is 3.06. The van der Waals surface area contributed by atoms with Crippen LogP contribution in [0.2, 0.25) is 0 Å². The topological polar surface area (TPSA) is 119 Å². The van der Waals surface area contributed by atoms with Gasteiger partial charge in [0.2, 0.25) is 0 Å². The maximum atomic E-state index is 13.3. The second-order valence-electron chi connectivity index (χ2n) is 6.25. The van der Waals surface area contributed by atoms with Gasteiger partial charge in [0.1, 0.15) is 5.82 Å². The van der Waals surface area contributed by atoms with Crippen molar-refractivity contribution in [3.8, 4) is 11.5 Å². The van der Waals surface area contributed by atoms with Gasteiger partial charge in [0, 0.05) is 30.3 Å². The minimum absolute atomic E-state index is 0.256. The Morgan fingerprint density at radius 3 is 2.25 bits per heavy atom. The quantitative estimate of drug-likeness (QED) is 0.307. The van der Waals surface area contributed by atoms with E-state index in [1.165, 1.54) is 18.2 Å². The van der Waals surface area contributed by atoms with Gasteiger partial charge in [-0.1, -0.05) is 30.3 Å². The van der Waals surface area contributed by atoms with Gasteiger partial charge in [-0.15, -0.1) is 0 Å². The number of rotatable bonds is 5. The molecule has 0 bridgehead atoms. The minimum Gasteiger partial charge on any atom is -0.504 e. The standard InChI is InChI=1S/C21H20N2O5/c24-16-11-14(7-8-18(26)27)15(12-17(16)25)19(21-22-9-4-10-23-21)20(28)13-5-2-1-3-6-13/h1-3,5-8,11-12,22-25H,4,9-10H2,(H,26,27)/b8-7+. The third kappa shape index (κ3) is 4.15. The fourth-order valence-electron chi connectivity index (χ4n) is 2.97. The summed E-state index contributed by atoms with van der Waals surface area (Å²) in [5.74, 6) is -1.79. The van der Waals surface area contributed by atoms with Crippen LogP contribution in [0, 0.1) is 0 Å². The van der Waals surface area contributed by atoms with Crippen molar-refractivity contribution in [1.29, 1.82) is 0 Å². The van der Waals surface area contributed by atoms with E-state index in [4.69, 9.17) is 5.11 Å². The SMILES string of the molecule is O=C(O)/C=C/c1cc(O)c(O)cc1C(C(=O)c1ccccc1)=C1NCCCN1. The summed E-state index contributed by atoms with van der Waals surface area (Å²) in [5, 5.41) is 35.2. The molecule has 7 heteroatoms. The van der Waals surface area contributed by atoms with Crippen molar-refractivity contribution >= 4 is 23.4 Å². The predicted octanol–water partition coefficient (Wildman–Crippen LogP) is 2.33. The molecule has 0 amide bonds. The van der Waals surface area contributed by atoms with Crippen LogP contribution in [-0.2, 0) is 4.79 Å². The average molecular weight is 380 g/mol. The number of ketones is 1. The van der Waals surface area contributed by atoms with E-state index in [-0.39, 0.29) is 11.4 Å². The first kappa shape index (κ1) is 19.0. The molecule has 0 radical (unpaired) electrons. The molecule has 0 unspecified atom stereocenters. The van der Waals surface area contributed by atoms with Gasteiger partial charge in [-0.2, -0.15) is 0 Å². The second-order valence-corrected chi connectivity index (χ2v) is 6.25. The highest BCUT2D eigenvalue weighted by molar-refractivity contribution is 6.30. The number of hydrogen-bond acceptors (Lipinski definition) is 6. The number of carboxylic acids is 1. The first-order chi connectivity index (χ1) is 13.5. The number of aliphatic carboxylic acids is 1. The highest BCUT2D eigenvalue weighted by atomic mass is 16.4. The third-order valence-electron chi connectivity index (χ3n) is 4.29. The molecule has 0 atom stereocenters. The normalized spacial score (nSPS) is 13.6. The van der Waals surface area contributed by atoms with E-state index < -0.39 is 17.5 Å². The van der Waals surface area contributed by atoms with E-state index in [0.717, 1.165) is 12.5 Å². The molecule has 5 N–H and O–H groups in total. The molecule has 1 fully saturated rings. The van der Waals surface area contributed by atoms with Crippen LogP contribution < -0.4 is 10.6 Å². The van der Waals surface area contributed by atoms with Crippen LogP contribution in [0.1, 0.15) is 27.9 Å². The lowest BCUT2D eigenvalue weighted by atomic mass is 9.91. The summed E-state index contributed by atoms with van der Waals surface area (Å²) < 4.78 is 0. The minimum atomic E-state index is -1.17. The first-order valence-electron chi connectivity index (χ1n) is 8.76. The Balaban J connectivity index is 2.22. The molecule has 1 saturated heterocycles. The Hall–Kier alpha value is -3.74. The van der Waals surface area contributed by atoms with Crippen LogP contribution in [0.3, 0.4) is 0 Å². The molecule has 7 nitrogen and oxygen atoms in total. The monoisotopic (exact) mass is 380 g/mol. The van der Waals surface area contributed by atoms with Crippen molar-refractivity contribution < 1.29 is 24.9 Å². The molecule has 1 heterocycles. The molecule has 0 aliphatic carbocycles. The molecule has 2 aromatic carbocycles. The number of phenolic OH excluding ortho intramolecular Hbond substituents is 2. The fourth-order valence-corrected chi connectivity index (χ4v) is 2.97. The smallest absolute Gasteiger partial charge is 0.328 e. The zero-order valence-electron chi connectivity index (χ0n) is 15.0. The zero-order chi connectivity index (χ0) is 20.1. The average Bonchev–Trinajstić information content (AvgIpc) is 2.71. The summed E-state index contributed by atoms with van der Waals surface area (Å²) in [6.45, 7) is 1.33. The summed E-state index contributed by atoms with van der Waals surface area (Å²) in [4.78, 5) is 24.3. The Bertz CT molecular complexity index is 956. The van der Waals surface area contributed by atoms with Gasteiger partial charge in [-0.05, 0) is 30.2 Å². The lowest BCUT2D eigenvalue weighted by Gasteiger charge is -2.24. The molecule has 0 saturated carbocycles. The molecule has 28 heavy (non-hydrogen) atoms. The largest absolute Gasteiger partial charge is 0.504 e. The van der Waals surface area contributed by atoms with Gasteiger partial charge in [-0.3, -0.25) is 4.79 Å². The summed E-state index contributed by atoms with van der Waals surface area (Å²) in [7, 11) is 0. The summed E-state index contributed by atoms with van der Waals surface area (Å²) in [6, 6.07) is 11.1. The van der Waals surface area contributed by atoms with Crippen molar-refractivity contribution in [2.24, 2.45) is 0 Å². The molecule has 1 aliphatic heterocycles. The molecule has 0 spiro atoms. The second kappa shape index (κ2) is 8.30. The Morgan fingerprint density at radius 1 is 0.964 bits per heavy atom. The highest BCUT2D eigenvalue weighted by Gasteiger charge is 2.24. The number of carboxylic acid groups (broad SMARTS) is 1. The Morgan fingerprint density at radius 2 is 1.61 bits per heavy atom. The van der Waals surface area contributed by atoms with Gasteiger partial charge < -0.3 is 26.0 Å². The summed E-state index contributed by atoms with van der Waals surface area (Å²) >= 11 is 0. The molecule has 3 rings (SSSR count). The fraction of sp³-hybridized carbons (Fsp3) is 0.143. The predicted molar refractivity (Wildman–Crippen MR) is 105 cm³/mol. The number of allylic oxidation sites excluding steroid dienone is 1. The Labute approximate surface area is 161 Å². The molecule has 144 valence electrons. The van der Waals surface area contributed by atoms with Gasteiger partial charge >= 0.3 is 5.97 Å². The zero-order valence-corrected chi connectivity index (χ0v) is 15.0. The number of hydrogen-bond donors (Lipinski definition) is 5. The van der Waals surface area contributed by atoms with Crippen molar-refractivity contribution in [3.63, 3.8) is 0 Å². The molecular formula is C21H20N2O5. The van der Waals surface area contributed by atoms with Crippen LogP contribution in [0.4, 0.5) is 0 Å². The molecule has 2 aromatic rings. The van der Waals surface area contributed by atoms with Crippen molar-refractivity contribution in [3.05, 3.63) is 71.1 Å². The van der Waals surface area contributed by atoms with E-state index in [2.05, 4.69) is 10.6 Å². The van der Waals surface area contributed by atoms with Gasteiger partial charge in [0.15, 0.2) is 17.3 Å². The molecule has 1 aliphatic rings. The number of carbonyl (C=O) groups is 2. The van der Waals surface area contributed by atoms with Gasteiger partial charge in [-0.25, -0.2) is 4.79 Å². The van der Waals surface area contributed by atoms with Crippen LogP contribution >= 0.6 is 0 Å². The number of carbonyl (C=O) groups excluding carboxylic acids is 1. The van der Waals surface area contributed by atoms with Crippen LogP contribution in [0.5, 0.6) is 11.5 Å². The lowest BCUT2D eigenvalue weighted by Crippen LogP contribution is -2.37. The number of Topliss-reactive ketones (excluding diaryl/α,β-unsaturated/α-hetero) is 1. The maximum absolute atomic E-state index is 13.3. The van der Waals surface area contributed by atoms with E-state index in [9.17, 15) is 19.8 Å². The van der Waals surface area contributed by atoms with E-state index in [1.54, 1.807) is 30.3 Å². The van der Waals surface area contributed by atoms with E-state index in [1.807, 2.05) is 0 Å². The number of phenols is 2. The molecular weight excluding hydrogens is 360 g/mol. The van der Waals surface area contributed by atoms with Gasteiger partial charge in [0.05, 0.1) is 5.57 Å². The van der Waals surface area contributed by atoms with E-state index >= 15 is 0 Å². The van der Waals surface area contributed by atoms with Crippen molar-refractivity contribution in [1.82, 2.24) is 10.6 Å². The van der Waals surface area contributed by atoms with Gasteiger partial charge in [0.25, 0.3) is 0 Å². The third-order valence-corrected chi connectivity index (χ3v) is 4.29. The van der Waals surface area contributed by atoms with Crippen molar-refractivity contribution in [2.45, 2.75) is 6.42 Å². The van der Waals surface area contributed by atoms with E-state index in [0.29, 0.717) is 35.6 Å². The maximum Gasteiger partial charge on any atom is 0.328 e. The number of benzene rings is 2. The van der Waals surface area contributed by atoms with Crippen molar-refractivity contribution in [2.75, 3.05) is 13.1 Å². The van der Waals surface area contributed by atoms with Crippen LogP contribution in [0.25, 0.3) is 11.6 Å². The number of aromatic hydroxyl groups is 2. The Kier molecular flexibility index (Phi) is 5.64. The molecule has 0 aromatic heterocycles.